The summed E-state index contributed by atoms with van der Waals surface area (Å²) in [6, 6.07) is 5.95. The van der Waals surface area contributed by atoms with E-state index in [0.29, 0.717) is 52.7 Å². The number of rotatable bonds is 20. The molecule has 0 unspecified atom stereocenters. The molecular weight excluding hydrogens is 474 g/mol. The normalized spacial score (nSPS) is 14.5. The van der Waals surface area contributed by atoms with Crippen LogP contribution in [-0.4, -0.2) is 65.9 Å². The minimum absolute atomic E-state index is 0. The summed E-state index contributed by atoms with van der Waals surface area (Å²) in [6.45, 7) is 5.21. The first-order chi connectivity index (χ1) is 16.7. The molecule has 1 aromatic rings. The van der Waals surface area contributed by atoms with Gasteiger partial charge in [0, 0.05) is 37.7 Å². The summed E-state index contributed by atoms with van der Waals surface area (Å²) >= 11 is 0. The van der Waals surface area contributed by atoms with E-state index in [4.69, 9.17) is 29.4 Å². The molecule has 202 valence electrons. The highest BCUT2D eigenvalue weighted by Crippen LogP contribution is 2.33. The third kappa shape index (κ3) is 14.5. The number of ether oxygens (including phenoxy) is 6. The van der Waals surface area contributed by atoms with E-state index in [9.17, 15) is 4.79 Å². The number of fused-ring (bicyclic) bond motifs is 1. The molecule has 0 amide bonds. The van der Waals surface area contributed by atoms with E-state index in [1.54, 1.807) is 0 Å². The van der Waals surface area contributed by atoms with Gasteiger partial charge < -0.3 is 34.2 Å². The number of methoxy groups -OCH3 is 1. The van der Waals surface area contributed by atoms with Crippen molar-refractivity contribution in [3.8, 4) is 11.5 Å². The summed E-state index contributed by atoms with van der Waals surface area (Å²) < 4.78 is 32.7. The van der Waals surface area contributed by atoms with Crippen LogP contribution < -0.4 is 15.2 Å². The number of carbonyl (C=O) groups is 1. The summed E-state index contributed by atoms with van der Waals surface area (Å²) in [5.74, 6) is 1.60. The van der Waals surface area contributed by atoms with Gasteiger partial charge in [0.05, 0.1) is 46.8 Å². The van der Waals surface area contributed by atoms with Gasteiger partial charge in [-0.3, -0.25) is 4.79 Å². The maximum Gasteiger partial charge on any atom is 0.305 e. The van der Waals surface area contributed by atoms with E-state index in [1.165, 1.54) is 7.11 Å². The second-order valence-corrected chi connectivity index (χ2v) is 8.43. The van der Waals surface area contributed by atoms with E-state index in [0.717, 1.165) is 75.0 Å². The Bertz CT molecular complexity index is 677. The molecular formula is C26H44ClNO7. The molecule has 0 fully saturated rings. The second kappa shape index (κ2) is 20.6. The standard InChI is InChI=1S/C26H43NO7.ClH/c1-29-26(28)9-5-4-7-14-31-18-20-32-19-17-30-13-6-2-3-8-15-33-22-10-11-25-23(21-22)24(27)12-16-34-25;/h10-11,21,24H,2-9,12-20,27H2,1H3;1H/t24-;/m1./s1. The van der Waals surface area contributed by atoms with Gasteiger partial charge in [-0.05, 0) is 50.3 Å². The average molecular weight is 518 g/mol. The molecule has 8 nitrogen and oxygen atoms in total. The predicted molar refractivity (Wildman–Crippen MR) is 138 cm³/mol. The minimum atomic E-state index is -0.148. The van der Waals surface area contributed by atoms with E-state index < -0.39 is 0 Å². The van der Waals surface area contributed by atoms with Crippen molar-refractivity contribution in [2.75, 3.05) is 60.0 Å². The van der Waals surface area contributed by atoms with Gasteiger partial charge in [-0.15, -0.1) is 12.4 Å². The van der Waals surface area contributed by atoms with Crippen LogP contribution in [0.3, 0.4) is 0 Å². The maximum absolute atomic E-state index is 11.0. The third-order valence-corrected chi connectivity index (χ3v) is 5.66. The summed E-state index contributed by atoms with van der Waals surface area (Å²) in [5, 5.41) is 0. The number of halogens is 1. The van der Waals surface area contributed by atoms with Crippen molar-refractivity contribution >= 4 is 18.4 Å². The van der Waals surface area contributed by atoms with Crippen molar-refractivity contribution < 1.29 is 33.2 Å². The second-order valence-electron chi connectivity index (χ2n) is 8.43. The molecule has 0 aromatic heterocycles. The van der Waals surface area contributed by atoms with E-state index in [-0.39, 0.29) is 24.4 Å². The van der Waals surface area contributed by atoms with Gasteiger partial charge in [0.1, 0.15) is 11.5 Å². The maximum atomic E-state index is 11.0. The number of carbonyl (C=O) groups excluding carboxylic acids is 1. The molecule has 1 heterocycles. The fourth-order valence-corrected chi connectivity index (χ4v) is 3.63. The van der Waals surface area contributed by atoms with Crippen molar-refractivity contribution in [1.29, 1.82) is 0 Å². The number of hydrogen-bond donors (Lipinski definition) is 1. The topological polar surface area (TPSA) is 98.5 Å². The largest absolute Gasteiger partial charge is 0.494 e. The summed E-state index contributed by atoms with van der Waals surface area (Å²) in [4.78, 5) is 11.0. The molecule has 0 spiro atoms. The highest BCUT2D eigenvalue weighted by molar-refractivity contribution is 5.85. The smallest absolute Gasteiger partial charge is 0.305 e. The first kappa shape index (κ1) is 31.4. The van der Waals surface area contributed by atoms with E-state index in [2.05, 4.69) is 4.74 Å². The van der Waals surface area contributed by atoms with Crippen LogP contribution in [-0.2, 0) is 23.7 Å². The Balaban J connectivity index is 0.00000612. The lowest BCUT2D eigenvalue weighted by molar-refractivity contribution is -0.140. The quantitative estimate of drug-likeness (QED) is 0.198. The van der Waals surface area contributed by atoms with Crippen LogP contribution in [0.5, 0.6) is 11.5 Å². The monoisotopic (exact) mass is 517 g/mol. The first-order valence-corrected chi connectivity index (χ1v) is 12.7. The van der Waals surface area contributed by atoms with Gasteiger partial charge >= 0.3 is 5.97 Å². The molecule has 1 aliphatic heterocycles. The van der Waals surface area contributed by atoms with Gasteiger partial charge in [-0.25, -0.2) is 0 Å². The predicted octanol–water partition coefficient (Wildman–Crippen LogP) is 4.61. The van der Waals surface area contributed by atoms with Crippen molar-refractivity contribution in [1.82, 2.24) is 0 Å². The average Bonchev–Trinajstić information content (AvgIpc) is 2.85. The number of unbranched alkanes of at least 4 members (excludes halogenated alkanes) is 5. The zero-order valence-corrected chi connectivity index (χ0v) is 22.0. The fourth-order valence-electron chi connectivity index (χ4n) is 3.63. The summed E-state index contributed by atoms with van der Waals surface area (Å²) in [7, 11) is 1.42. The summed E-state index contributed by atoms with van der Waals surface area (Å²) in [5.41, 5.74) is 7.20. The van der Waals surface area contributed by atoms with Crippen LogP contribution in [0.15, 0.2) is 18.2 Å². The van der Waals surface area contributed by atoms with Gasteiger partial charge in [0.25, 0.3) is 0 Å². The third-order valence-electron chi connectivity index (χ3n) is 5.66. The molecule has 0 bridgehead atoms. The van der Waals surface area contributed by atoms with Gasteiger partial charge in [0.2, 0.25) is 0 Å². The molecule has 0 aliphatic carbocycles. The lowest BCUT2D eigenvalue weighted by Crippen LogP contribution is -2.20. The Labute approximate surface area is 216 Å². The Morgan fingerprint density at radius 1 is 0.886 bits per heavy atom. The van der Waals surface area contributed by atoms with Crippen LogP contribution >= 0.6 is 12.4 Å². The number of hydrogen-bond acceptors (Lipinski definition) is 8. The van der Waals surface area contributed by atoms with Crippen LogP contribution in [0.4, 0.5) is 0 Å². The molecule has 2 rings (SSSR count). The van der Waals surface area contributed by atoms with Crippen molar-refractivity contribution in [2.24, 2.45) is 5.73 Å². The van der Waals surface area contributed by atoms with E-state index >= 15 is 0 Å². The lowest BCUT2D eigenvalue weighted by Gasteiger charge is -2.23. The zero-order valence-electron chi connectivity index (χ0n) is 21.2. The number of benzene rings is 1. The summed E-state index contributed by atoms with van der Waals surface area (Å²) in [6.07, 6.45) is 8.41. The molecule has 1 aromatic carbocycles. The van der Waals surface area contributed by atoms with E-state index in [1.807, 2.05) is 18.2 Å². The first-order valence-electron chi connectivity index (χ1n) is 12.7. The molecule has 1 aliphatic rings. The Kier molecular flexibility index (Phi) is 18.5. The molecule has 0 saturated heterocycles. The Hall–Kier alpha value is -1.58. The number of esters is 1. The van der Waals surface area contributed by atoms with Crippen LogP contribution in [0.1, 0.15) is 69.4 Å². The van der Waals surface area contributed by atoms with Gasteiger partial charge in [0.15, 0.2) is 0 Å². The van der Waals surface area contributed by atoms with Crippen molar-refractivity contribution in [3.05, 3.63) is 23.8 Å². The Morgan fingerprint density at radius 2 is 1.49 bits per heavy atom. The molecule has 0 saturated carbocycles. The SMILES string of the molecule is COC(=O)CCCCCOCCOCCOCCCCCCOc1ccc2c(c1)[C@H](N)CCO2.Cl. The minimum Gasteiger partial charge on any atom is -0.494 e. The highest BCUT2D eigenvalue weighted by atomic mass is 35.5. The molecule has 2 N–H and O–H groups in total. The van der Waals surface area contributed by atoms with Gasteiger partial charge in [-0.2, -0.15) is 0 Å². The highest BCUT2D eigenvalue weighted by Gasteiger charge is 2.18. The van der Waals surface area contributed by atoms with Crippen molar-refractivity contribution in [2.45, 2.75) is 63.8 Å². The van der Waals surface area contributed by atoms with Crippen LogP contribution in [0.25, 0.3) is 0 Å². The number of nitrogens with two attached hydrogens (primary N) is 1. The lowest BCUT2D eigenvalue weighted by atomic mass is 10.0. The van der Waals surface area contributed by atoms with Crippen LogP contribution in [0.2, 0.25) is 0 Å². The zero-order chi connectivity index (χ0) is 24.3. The van der Waals surface area contributed by atoms with Gasteiger partial charge in [-0.1, -0.05) is 12.8 Å². The molecule has 35 heavy (non-hydrogen) atoms. The molecule has 0 radical (unpaired) electrons. The van der Waals surface area contributed by atoms with Crippen LogP contribution in [0, 0.1) is 0 Å². The molecule has 9 heteroatoms. The molecule has 1 atom stereocenters. The fraction of sp³-hybridized carbons (Fsp3) is 0.731. The van der Waals surface area contributed by atoms with Crippen molar-refractivity contribution in [3.63, 3.8) is 0 Å². The Morgan fingerprint density at radius 3 is 2.14 bits per heavy atom.